The Morgan fingerprint density at radius 1 is 1.42 bits per heavy atom. The smallest absolute Gasteiger partial charge is 0.118 e. The molecular formula is C11H18O. The predicted molar refractivity (Wildman–Crippen MR) is 54.0 cm³/mol. The molecule has 12 heavy (non-hydrogen) atoms. The zero-order valence-corrected chi connectivity index (χ0v) is 8.26. The highest BCUT2D eigenvalue weighted by atomic mass is 16.5. The van der Waals surface area contributed by atoms with Crippen LogP contribution in [0.5, 0.6) is 0 Å². The van der Waals surface area contributed by atoms with Crippen LogP contribution in [0.4, 0.5) is 0 Å². The standard InChI is InChI=1S/C11H18O/c1-5-7-8-11(12-4)9-10(3)6-2/h7-9H,3,5-6H2,1-2,4H3/b8-7+,11-9+. The summed E-state index contributed by atoms with van der Waals surface area (Å²) < 4.78 is 5.14. The number of ether oxygens (including phenoxy) is 1. The Morgan fingerprint density at radius 3 is 2.50 bits per heavy atom. The van der Waals surface area contributed by atoms with Crippen LogP contribution in [0.2, 0.25) is 0 Å². The molecule has 1 heteroatoms. The fourth-order valence-corrected chi connectivity index (χ4v) is 0.712. The molecule has 0 bridgehead atoms. The van der Waals surface area contributed by atoms with E-state index in [0.29, 0.717) is 0 Å². The van der Waals surface area contributed by atoms with Gasteiger partial charge in [0.1, 0.15) is 5.76 Å². The molecule has 0 unspecified atom stereocenters. The van der Waals surface area contributed by atoms with Gasteiger partial charge in [-0.25, -0.2) is 0 Å². The van der Waals surface area contributed by atoms with Gasteiger partial charge in [-0.3, -0.25) is 0 Å². The van der Waals surface area contributed by atoms with Gasteiger partial charge in [0.05, 0.1) is 7.11 Å². The summed E-state index contributed by atoms with van der Waals surface area (Å²) in [6.45, 7) is 8.05. The minimum Gasteiger partial charge on any atom is -0.497 e. The summed E-state index contributed by atoms with van der Waals surface area (Å²) >= 11 is 0. The average Bonchev–Trinajstić information content (AvgIpc) is 2.11. The summed E-state index contributed by atoms with van der Waals surface area (Å²) in [4.78, 5) is 0. The van der Waals surface area contributed by atoms with Crippen LogP contribution in [0.3, 0.4) is 0 Å². The van der Waals surface area contributed by atoms with Crippen molar-refractivity contribution in [2.45, 2.75) is 26.7 Å². The van der Waals surface area contributed by atoms with Gasteiger partial charge in [0.25, 0.3) is 0 Å². The predicted octanol–water partition coefficient (Wildman–Crippen LogP) is 3.45. The second kappa shape index (κ2) is 6.71. The molecule has 0 aliphatic carbocycles. The van der Waals surface area contributed by atoms with E-state index in [1.165, 1.54) is 0 Å². The topological polar surface area (TPSA) is 9.23 Å². The highest BCUT2D eigenvalue weighted by Gasteiger charge is 1.90. The molecule has 0 atom stereocenters. The largest absolute Gasteiger partial charge is 0.497 e. The highest BCUT2D eigenvalue weighted by Crippen LogP contribution is 2.06. The molecule has 0 amide bonds. The zero-order valence-electron chi connectivity index (χ0n) is 8.26. The monoisotopic (exact) mass is 166 g/mol. The maximum absolute atomic E-state index is 5.14. The van der Waals surface area contributed by atoms with Gasteiger partial charge in [0, 0.05) is 0 Å². The lowest BCUT2D eigenvalue weighted by molar-refractivity contribution is 0.306. The van der Waals surface area contributed by atoms with Crippen LogP contribution in [0.1, 0.15) is 26.7 Å². The van der Waals surface area contributed by atoms with E-state index in [0.717, 1.165) is 24.2 Å². The Bertz CT molecular complexity index is 187. The second-order valence-corrected chi connectivity index (χ2v) is 2.57. The average molecular weight is 166 g/mol. The van der Waals surface area contributed by atoms with Crippen LogP contribution < -0.4 is 0 Å². The summed E-state index contributed by atoms with van der Waals surface area (Å²) in [6.07, 6.45) is 8.00. The fraction of sp³-hybridized carbons (Fsp3) is 0.455. The molecule has 0 saturated heterocycles. The zero-order chi connectivity index (χ0) is 9.40. The quantitative estimate of drug-likeness (QED) is 0.449. The van der Waals surface area contributed by atoms with Crippen LogP contribution in [0.15, 0.2) is 36.1 Å². The number of hydrogen-bond acceptors (Lipinski definition) is 1. The summed E-state index contributed by atoms with van der Waals surface area (Å²) in [7, 11) is 1.68. The maximum Gasteiger partial charge on any atom is 0.118 e. The number of rotatable bonds is 5. The minimum absolute atomic E-state index is 0.878. The summed E-state index contributed by atoms with van der Waals surface area (Å²) in [5.74, 6) is 0.878. The third-order valence-electron chi connectivity index (χ3n) is 1.55. The van der Waals surface area contributed by atoms with Gasteiger partial charge in [-0.2, -0.15) is 0 Å². The van der Waals surface area contributed by atoms with E-state index in [-0.39, 0.29) is 0 Å². The Morgan fingerprint density at radius 2 is 2.08 bits per heavy atom. The van der Waals surface area contributed by atoms with Gasteiger partial charge in [0.2, 0.25) is 0 Å². The lowest BCUT2D eigenvalue weighted by Crippen LogP contribution is -1.83. The number of methoxy groups -OCH3 is 1. The Kier molecular flexibility index (Phi) is 6.16. The second-order valence-electron chi connectivity index (χ2n) is 2.57. The third-order valence-corrected chi connectivity index (χ3v) is 1.55. The van der Waals surface area contributed by atoms with Crippen molar-refractivity contribution in [1.82, 2.24) is 0 Å². The summed E-state index contributed by atoms with van der Waals surface area (Å²) in [5, 5.41) is 0. The van der Waals surface area contributed by atoms with Crippen LogP contribution >= 0.6 is 0 Å². The molecule has 0 fully saturated rings. The molecule has 0 radical (unpaired) electrons. The first-order valence-corrected chi connectivity index (χ1v) is 4.34. The molecule has 0 aliphatic heterocycles. The first-order valence-electron chi connectivity index (χ1n) is 4.34. The molecule has 0 saturated carbocycles. The molecule has 0 aliphatic rings. The summed E-state index contributed by atoms with van der Waals surface area (Å²) in [5.41, 5.74) is 1.09. The van der Waals surface area contributed by atoms with Crippen molar-refractivity contribution in [3.63, 3.8) is 0 Å². The number of allylic oxidation sites excluding steroid dienone is 4. The molecule has 0 aromatic carbocycles. The van der Waals surface area contributed by atoms with E-state index in [9.17, 15) is 0 Å². The van der Waals surface area contributed by atoms with Gasteiger partial charge in [-0.05, 0) is 25.0 Å². The van der Waals surface area contributed by atoms with Crippen LogP contribution in [-0.4, -0.2) is 7.11 Å². The van der Waals surface area contributed by atoms with Crippen molar-refractivity contribution in [3.8, 4) is 0 Å². The first kappa shape index (κ1) is 11.0. The third kappa shape index (κ3) is 4.78. The van der Waals surface area contributed by atoms with E-state index >= 15 is 0 Å². The van der Waals surface area contributed by atoms with Crippen LogP contribution in [0.25, 0.3) is 0 Å². The first-order chi connectivity index (χ1) is 5.74. The lowest BCUT2D eigenvalue weighted by atomic mass is 10.2. The molecule has 68 valence electrons. The molecule has 0 aromatic rings. The molecular weight excluding hydrogens is 148 g/mol. The van der Waals surface area contributed by atoms with Crippen LogP contribution in [-0.2, 0) is 4.74 Å². The van der Waals surface area contributed by atoms with E-state index < -0.39 is 0 Å². The van der Waals surface area contributed by atoms with Gasteiger partial charge in [-0.1, -0.05) is 32.1 Å². The molecule has 0 N–H and O–H groups in total. The van der Waals surface area contributed by atoms with Gasteiger partial charge in [-0.15, -0.1) is 0 Å². The van der Waals surface area contributed by atoms with Gasteiger partial charge >= 0.3 is 0 Å². The molecule has 1 nitrogen and oxygen atoms in total. The van der Waals surface area contributed by atoms with Crippen molar-refractivity contribution in [2.75, 3.05) is 7.11 Å². The Balaban J connectivity index is 4.22. The van der Waals surface area contributed by atoms with Crippen molar-refractivity contribution in [1.29, 1.82) is 0 Å². The van der Waals surface area contributed by atoms with Crippen molar-refractivity contribution >= 4 is 0 Å². The van der Waals surface area contributed by atoms with E-state index in [1.54, 1.807) is 7.11 Å². The minimum atomic E-state index is 0.878. The Labute approximate surface area is 75.4 Å². The Hall–Kier alpha value is -0.980. The SMILES string of the molecule is C=C(/C=C(\C=C\CC)OC)CC. The lowest BCUT2D eigenvalue weighted by Gasteiger charge is -2.00. The van der Waals surface area contributed by atoms with E-state index in [4.69, 9.17) is 4.74 Å². The van der Waals surface area contributed by atoms with Gasteiger partial charge in [0.15, 0.2) is 0 Å². The van der Waals surface area contributed by atoms with Crippen molar-refractivity contribution in [3.05, 3.63) is 36.1 Å². The highest BCUT2D eigenvalue weighted by molar-refractivity contribution is 5.23. The van der Waals surface area contributed by atoms with Crippen LogP contribution in [0, 0.1) is 0 Å². The molecule has 0 rings (SSSR count). The fourth-order valence-electron chi connectivity index (χ4n) is 0.712. The number of hydrogen-bond donors (Lipinski definition) is 0. The maximum atomic E-state index is 5.14. The molecule has 0 spiro atoms. The van der Waals surface area contributed by atoms with E-state index in [1.807, 2.05) is 12.2 Å². The molecule has 0 aromatic heterocycles. The normalized spacial score (nSPS) is 12.1. The van der Waals surface area contributed by atoms with Gasteiger partial charge < -0.3 is 4.74 Å². The van der Waals surface area contributed by atoms with E-state index in [2.05, 4.69) is 26.5 Å². The van der Waals surface area contributed by atoms with Crippen molar-refractivity contribution < 1.29 is 4.74 Å². The molecule has 0 heterocycles. The van der Waals surface area contributed by atoms with Crippen molar-refractivity contribution in [2.24, 2.45) is 0 Å². The summed E-state index contributed by atoms with van der Waals surface area (Å²) in [6, 6.07) is 0.